The van der Waals surface area contributed by atoms with Gasteiger partial charge >= 0.3 is 0 Å². The number of benzene rings is 1. The van der Waals surface area contributed by atoms with Crippen molar-refractivity contribution in [2.24, 2.45) is 7.05 Å². The quantitative estimate of drug-likeness (QED) is 0.791. The molecular weight excluding hydrogens is 250 g/mol. The molecule has 20 heavy (non-hydrogen) atoms. The summed E-state index contributed by atoms with van der Waals surface area (Å²) in [4.78, 5) is 8.63. The van der Waals surface area contributed by atoms with Gasteiger partial charge in [-0.3, -0.25) is 14.6 Å². The molecule has 5 nitrogen and oxygen atoms in total. The summed E-state index contributed by atoms with van der Waals surface area (Å²) in [6, 6.07) is 6.01. The Labute approximate surface area is 117 Å². The topological polar surface area (TPSA) is 69.6 Å². The minimum absolute atomic E-state index is 0.737. The second-order valence-electron chi connectivity index (χ2n) is 4.85. The molecule has 0 spiro atoms. The Kier molecular flexibility index (Phi) is 3.10. The molecule has 0 atom stereocenters. The molecule has 0 radical (unpaired) electrons. The van der Waals surface area contributed by atoms with E-state index in [2.05, 4.69) is 22.0 Å². The van der Waals surface area contributed by atoms with Gasteiger partial charge in [0.05, 0.1) is 16.7 Å². The van der Waals surface area contributed by atoms with Crippen molar-refractivity contribution in [2.45, 2.75) is 19.8 Å². The van der Waals surface area contributed by atoms with Crippen molar-refractivity contribution in [1.29, 1.82) is 0 Å². The van der Waals surface area contributed by atoms with E-state index in [4.69, 9.17) is 5.73 Å². The molecule has 0 aliphatic heterocycles. The van der Waals surface area contributed by atoms with Gasteiger partial charge < -0.3 is 5.73 Å². The molecule has 0 amide bonds. The highest BCUT2D eigenvalue weighted by atomic mass is 15.3. The third kappa shape index (κ3) is 2.01. The van der Waals surface area contributed by atoms with E-state index in [1.807, 2.05) is 25.2 Å². The van der Waals surface area contributed by atoms with Gasteiger partial charge in [0.1, 0.15) is 5.82 Å². The predicted octanol–water partition coefficient (Wildman–Crippen LogP) is 2.56. The highest BCUT2D eigenvalue weighted by Crippen LogP contribution is 2.29. The van der Waals surface area contributed by atoms with E-state index in [0.717, 1.165) is 46.5 Å². The molecule has 0 saturated carbocycles. The van der Waals surface area contributed by atoms with Crippen LogP contribution in [0.4, 0.5) is 5.82 Å². The number of hydrogen-bond donors (Lipinski definition) is 1. The van der Waals surface area contributed by atoms with Crippen LogP contribution < -0.4 is 5.73 Å². The number of aryl methyl sites for hydroxylation is 1. The maximum Gasteiger partial charge on any atom is 0.125 e. The number of anilines is 1. The molecule has 3 aromatic rings. The minimum Gasteiger partial charge on any atom is -0.384 e. The summed E-state index contributed by atoms with van der Waals surface area (Å²) < 4.78 is 1.74. The Balaban J connectivity index is 2.17. The van der Waals surface area contributed by atoms with Gasteiger partial charge in [-0.25, -0.2) is 0 Å². The fourth-order valence-electron chi connectivity index (χ4n) is 2.42. The highest BCUT2D eigenvalue weighted by molar-refractivity contribution is 5.81. The SMILES string of the molecule is CCCc1c(-c2ccc3nccnc3c2)nn(C)c1N. The van der Waals surface area contributed by atoms with Gasteiger partial charge in [-0.15, -0.1) is 0 Å². The first-order chi connectivity index (χ1) is 9.70. The van der Waals surface area contributed by atoms with Gasteiger partial charge in [-0.1, -0.05) is 19.4 Å². The average molecular weight is 267 g/mol. The number of nitrogen functional groups attached to an aromatic ring is 1. The maximum absolute atomic E-state index is 6.11. The number of nitrogens with zero attached hydrogens (tertiary/aromatic N) is 4. The van der Waals surface area contributed by atoms with Gasteiger partial charge in [0, 0.05) is 30.6 Å². The zero-order valence-electron chi connectivity index (χ0n) is 11.7. The molecule has 3 rings (SSSR count). The Morgan fingerprint density at radius 1 is 1.15 bits per heavy atom. The van der Waals surface area contributed by atoms with Crippen LogP contribution in [0.5, 0.6) is 0 Å². The van der Waals surface area contributed by atoms with Crippen LogP contribution in [-0.2, 0) is 13.5 Å². The maximum atomic E-state index is 6.11. The fourth-order valence-corrected chi connectivity index (χ4v) is 2.42. The van der Waals surface area contributed by atoms with Gasteiger partial charge in [-0.2, -0.15) is 5.10 Å². The fraction of sp³-hybridized carbons (Fsp3) is 0.267. The lowest BCUT2D eigenvalue weighted by Gasteiger charge is -2.03. The number of rotatable bonds is 3. The Hall–Kier alpha value is -2.43. The van der Waals surface area contributed by atoms with Crippen LogP contribution in [0, 0.1) is 0 Å². The normalized spacial score (nSPS) is 11.1. The van der Waals surface area contributed by atoms with Crippen LogP contribution in [-0.4, -0.2) is 19.7 Å². The van der Waals surface area contributed by atoms with Crippen molar-refractivity contribution in [2.75, 3.05) is 5.73 Å². The van der Waals surface area contributed by atoms with Crippen molar-refractivity contribution in [3.05, 3.63) is 36.2 Å². The van der Waals surface area contributed by atoms with E-state index in [9.17, 15) is 0 Å². The minimum atomic E-state index is 0.737. The largest absolute Gasteiger partial charge is 0.384 e. The molecule has 0 aliphatic rings. The summed E-state index contributed by atoms with van der Waals surface area (Å²) in [5.74, 6) is 0.737. The van der Waals surface area contributed by atoms with Crippen LogP contribution in [0.15, 0.2) is 30.6 Å². The summed E-state index contributed by atoms with van der Waals surface area (Å²) in [6.45, 7) is 2.14. The van der Waals surface area contributed by atoms with E-state index < -0.39 is 0 Å². The van der Waals surface area contributed by atoms with Crippen LogP contribution in [0.3, 0.4) is 0 Å². The van der Waals surface area contributed by atoms with E-state index in [-0.39, 0.29) is 0 Å². The van der Waals surface area contributed by atoms with Crippen molar-refractivity contribution in [1.82, 2.24) is 19.7 Å². The van der Waals surface area contributed by atoms with Crippen LogP contribution in [0.1, 0.15) is 18.9 Å². The molecule has 0 fully saturated rings. The third-order valence-corrected chi connectivity index (χ3v) is 3.44. The summed E-state index contributed by atoms with van der Waals surface area (Å²) in [6.07, 6.45) is 5.36. The van der Waals surface area contributed by atoms with E-state index in [1.165, 1.54) is 0 Å². The lowest BCUT2D eigenvalue weighted by molar-refractivity contribution is 0.781. The van der Waals surface area contributed by atoms with E-state index in [0.29, 0.717) is 0 Å². The van der Waals surface area contributed by atoms with Crippen LogP contribution in [0.2, 0.25) is 0 Å². The van der Waals surface area contributed by atoms with E-state index in [1.54, 1.807) is 17.1 Å². The molecule has 0 saturated heterocycles. The number of hydrogen-bond acceptors (Lipinski definition) is 4. The first-order valence-electron chi connectivity index (χ1n) is 6.73. The molecule has 1 aromatic carbocycles. The summed E-state index contributed by atoms with van der Waals surface area (Å²) in [5, 5.41) is 4.55. The molecule has 102 valence electrons. The molecule has 0 bridgehead atoms. The lowest BCUT2D eigenvalue weighted by Crippen LogP contribution is -1.99. The lowest BCUT2D eigenvalue weighted by atomic mass is 10.0. The predicted molar refractivity (Wildman–Crippen MR) is 80.1 cm³/mol. The van der Waals surface area contributed by atoms with Gasteiger partial charge in [0.2, 0.25) is 0 Å². The molecule has 5 heteroatoms. The van der Waals surface area contributed by atoms with Gasteiger partial charge in [0.25, 0.3) is 0 Å². The Morgan fingerprint density at radius 3 is 2.65 bits per heavy atom. The summed E-state index contributed by atoms with van der Waals surface area (Å²) in [7, 11) is 1.87. The van der Waals surface area contributed by atoms with Crippen molar-refractivity contribution in [3.63, 3.8) is 0 Å². The van der Waals surface area contributed by atoms with Gasteiger partial charge in [-0.05, 0) is 18.6 Å². The number of nitrogens with two attached hydrogens (primary N) is 1. The molecule has 2 N–H and O–H groups in total. The zero-order valence-corrected chi connectivity index (χ0v) is 11.7. The molecule has 0 aliphatic carbocycles. The number of aromatic nitrogens is 4. The van der Waals surface area contributed by atoms with E-state index >= 15 is 0 Å². The summed E-state index contributed by atoms with van der Waals surface area (Å²) in [5.41, 5.74) is 11.0. The van der Waals surface area contributed by atoms with Crippen molar-refractivity contribution < 1.29 is 0 Å². The smallest absolute Gasteiger partial charge is 0.125 e. The Morgan fingerprint density at radius 2 is 1.90 bits per heavy atom. The third-order valence-electron chi connectivity index (χ3n) is 3.44. The zero-order chi connectivity index (χ0) is 14.1. The summed E-state index contributed by atoms with van der Waals surface area (Å²) >= 11 is 0. The monoisotopic (exact) mass is 267 g/mol. The molecular formula is C15H17N5. The second-order valence-corrected chi connectivity index (χ2v) is 4.85. The van der Waals surface area contributed by atoms with Crippen LogP contribution >= 0.6 is 0 Å². The molecule has 2 aromatic heterocycles. The van der Waals surface area contributed by atoms with Gasteiger partial charge in [0.15, 0.2) is 0 Å². The van der Waals surface area contributed by atoms with Crippen molar-refractivity contribution >= 4 is 16.9 Å². The highest BCUT2D eigenvalue weighted by Gasteiger charge is 2.15. The molecule has 0 unspecified atom stereocenters. The Bertz CT molecular complexity index is 760. The number of fused-ring (bicyclic) bond motifs is 1. The second kappa shape index (κ2) is 4.92. The average Bonchev–Trinajstić information content (AvgIpc) is 2.75. The standard InChI is InChI=1S/C15H17N5/c1-3-4-11-14(19-20(2)15(11)16)10-5-6-12-13(9-10)18-8-7-17-12/h5-9H,3-4,16H2,1-2H3. The van der Waals surface area contributed by atoms with Crippen molar-refractivity contribution in [3.8, 4) is 11.3 Å². The first kappa shape index (κ1) is 12.6. The molecule has 2 heterocycles. The van der Waals surface area contributed by atoms with Crippen LogP contribution in [0.25, 0.3) is 22.3 Å². The first-order valence-corrected chi connectivity index (χ1v) is 6.73.